The smallest absolute Gasteiger partial charge is 0.263 e. The standard InChI is InChI=1S/C15H17N3O3/c1-11(21-13-5-3-12(9-16)4-6-13)15(20)18-8-2-7-17-14(19)10-18/h3-6,11H,2,7-8,10H2,1H3,(H,17,19). The Morgan fingerprint density at radius 3 is 2.81 bits per heavy atom. The number of nitrogens with one attached hydrogen (secondary N) is 1. The third kappa shape index (κ3) is 3.96. The average molecular weight is 287 g/mol. The highest BCUT2D eigenvalue weighted by molar-refractivity contribution is 5.87. The first-order valence-corrected chi connectivity index (χ1v) is 6.82. The van der Waals surface area contributed by atoms with Crippen LogP contribution in [0.25, 0.3) is 0 Å². The minimum atomic E-state index is -0.677. The molecule has 1 unspecified atom stereocenters. The van der Waals surface area contributed by atoms with E-state index in [0.717, 1.165) is 6.42 Å². The molecular weight excluding hydrogens is 270 g/mol. The predicted molar refractivity (Wildman–Crippen MR) is 75.5 cm³/mol. The highest BCUT2D eigenvalue weighted by Gasteiger charge is 2.25. The van der Waals surface area contributed by atoms with Crippen molar-refractivity contribution in [3.63, 3.8) is 0 Å². The quantitative estimate of drug-likeness (QED) is 0.886. The number of benzene rings is 1. The lowest BCUT2D eigenvalue weighted by molar-refractivity contribution is -0.140. The van der Waals surface area contributed by atoms with Crippen molar-refractivity contribution in [3.8, 4) is 11.8 Å². The van der Waals surface area contributed by atoms with E-state index in [-0.39, 0.29) is 18.4 Å². The molecule has 1 fully saturated rings. The Hall–Kier alpha value is -2.55. The minimum absolute atomic E-state index is 0.0693. The summed E-state index contributed by atoms with van der Waals surface area (Å²) in [6.45, 7) is 2.86. The first kappa shape index (κ1) is 14.9. The molecule has 1 heterocycles. The van der Waals surface area contributed by atoms with Crippen molar-refractivity contribution in [1.82, 2.24) is 10.2 Å². The Kier molecular flexibility index (Phi) is 4.77. The summed E-state index contributed by atoms with van der Waals surface area (Å²) >= 11 is 0. The number of nitrogens with zero attached hydrogens (tertiary/aromatic N) is 2. The minimum Gasteiger partial charge on any atom is -0.481 e. The molecule has 21 heavy (non-hydrogen) atoms. The lowest BCUT2D eigenvalue weighted by atomic mass is 10.2. The van der Waals surface area contributed by atoms with Crippen molar-refractivity contribution < 1.29 is 14.3 Å². The van der Waals surface area contributed by atoms with Gasteiger partial charge in [-0.15, -0.1) is 0 Å². The van der Waals surface area contributed by atoms with Crippen LogP contribution >= 0.6 is 0 Å². The molecule has 1 saturated heterocycles. The maximum absolute atomic E-state index is 12.3. The van der Waals surface area contributed by atoms with E-state index < -0.39 is 6.10 Å². The molecule has 1 aromatic carbocycles. The van der Waals surface area contributed by atoms with Crippen LogP contribution in [0.4, 0.5) is 0 Å². The lowest BCUT2D eigenvalue weighted by Crippen LogP contribution is -2.43. The SMILES string of the molecule is CC(Oc1ccc(C#N)cc1)C(=O)N1CCCNC(=O)C1. The van der Waals surface area contributed by atoms with Gasteiger partial charge in [-0.3, -0.25) is 9.59 Å². The van der Waals surface area contributed by atoms with Crippen LogP contribution in [-0.4, -0.2) is 42.5 Å². The molecule has 2 rings (SSSR count). The second-order valence-electron chi connectivity index (χ2n) is 4.86. The van der Waals surface area contributed by atoms with Gasteiger partial charge in [0.15, 0.2) is 6.10 Å². The summed E-state index contributed by atoms with van der Waals surface area (Å²) in [5, 5.41) is 11.5. The maximum atomic E-state index is 12.3. The zero-order valence-corrected chi connectivity index (χ0v) is 11.8. The van der Waals surface area contributed by atoms with E-state index in [4.69, 9.17) is 10.00 Å². The fraction of sp³-hybridized carbons (Fsp3) is 0.400. The molecule has 1 atom stereocenters. The first-order chi connectivity index (χ1) is 10.1. The molecule has 1 aliphatic heterocycles. The summed E-state index contributed by atoms with van der Waals surface area (Å²) in [5.41, 5.74) is 0.533. The van der Waals surface area contributed by atoms with Gasteiger partial charge in [0.05, 0.1) is 18.2 Å². The zero-order chi connectivity index (χ0) is 15.2. The van der Waals surface area contributed by atoms with E-state index in [2.05, 4.69) is 5.32 Å². The highest BCUT2D eigenvalue weighted by Crippen LogP contribution is 2.14. The molecule has 0 bridgehead atoms. The number of carbonyl (C=O) groups excluding carboxylic acids is 2. The van der Waals surface area contributed by atoms with Crippen molar-refractivity contribution >= 4 is 11.8 Å². The average Bonchev–Trinajstić information content (AvgIpc) is 2.71. The second-order valence-corrected chi connectivity index (χ2v) is 4.86. The van der Waals surface area contributed by atoms with E-state index in [1.165, 1.54) is 4.90 Å². The number of ether oxygens (including phenoxy) is 1. The topological polar surface area (TPSA) is 82.4 Å². The van der Waals surface area contributed by atoms with Crippen LogP contribution in [0, 0.1) is 11.3 Å². The van der Waals surface area contributed by atoms with Crippen LogP contribution < -0.4 is 10.1 Å². The van der Waals surface area contributed by atoms with Crippen LogP contribution in [0.1, 0.15) is 18.9 Å². The summed E-state index contributed by atoms with van der Waals surface area (Å²) in [6.07, 6.45) is 0.0602. The summed E-state index contributed by atoms with van der Waals surface area (Å²) in [4.78, 5) is 25.3. The van der Waals surface area contributed by atoms with Gasteiger partial charge >= 0.3 is 0 Å². The molecule has 6 nitrogen and oxygen atoms in total. The molecule has 1 aromatic rings. The van der Waals surface area contributed by atoms with Crippen molar-refractivity contribution in [2.75, 3.05) is 19.6 Å². The third-order valence-corrected chi connectivity index (χ3v) is 3.22. The van der Waals surface area contributed by atoms with Gasteiger partial charge in [-0.2, -0.15) is 5.26 Å². The molecule has 0 radical (unpaired) electrons. The number of nitriles is 1. The molecule has 6 heteroatoms. The number of rotatable bonds is 3. The zero-order valence-electron chi connectivity index (χ0n) is 11.8. The number of carbonyl (C=O) groups is 2. The van der Waals surface area contributed by atoms with E-state index in [1.807, 2.05) is 6.07 Å². The van der Waals surface area contributed by atoms with Crippen molar-refractivity contribution in [3.05, 3.63) is 29.8 Å². The molecule has 1 N–H and O–H groups in total. The van der Waals surface area contributed by atoms with Crippen LogP contribution in [-0.2, 0) is 9.59 Å². The Morgan fingerprint density at radius 1 is 1.43 bits per heavy atom. The lowest BCUT2D eigenvalue weighted by Gasteiger charge is -2.23. The first-order valence-electron chi connectivity index (χ1n) is 6.82. The summed E-state index contributed by atoms with van der Waals surface area (Å²) in [6, 6.07) is 8.58. The Morgan fingerprint density at radius 2 is 2.14 bits per heavy atom. The third-order valence-electron chi connectivity index (χ3n) is 3.22. The normalized spacial score (nSPS) is 16.4. The summed E-state index contributed by atoms with van der Waals surface area (Å²) < 4.78 is 5.57. The predicted octanol–water partition coefficient (Wildman–Crippen LogP) is 0.674. The molecule has 110 valence electrons. The Labute approximate surface area is 123 Å². The summed E-state index contributed by atoms with van der Waals surface area (Å²) in [7, 11) is 0. The maximum Gasteiger partial charge on any atom is 0.263 e. The van der Waals surface area contributed by atoms with Crippen LogP contribution in [0.5, 0.6) is 5.75 Å². The van der Waals surface area contributed by atoms with E-state index in [9.17, 15) is 9.59 Å². The van der Waals surface area contributed by atoms with E-state index in [1.54, 1.807) is 31.2 Å². The van der Waals surface area contributed by atoms with Gasteiger partial charge < -0.3 is 15.0 Å². The Balaban J connectivity index is 1.98. The number of hydrogen-bond acceptors (Lipinski definition) is 4. The van der Waals surface area contributed by atoms with Crippen molar-refractivity contribution in [2.24, 2.45) is 0 Å². The van der Waals surface area contributed by atoms with Crippen LogP contribution in [0.3, 0.4) is 0 Å². The van der Waals surface area contributed by atoms with Gasteiger partial charge in [0.1, 0.15) is 5.75 Å². The van der Waals surface area contributed by atoms with Gasteiger partial charge in [-0.05, 0) is 37.6 Å². The Bertz CT molecular complexity index is 563. The molecule has 1 aliphatic rings. The molecule has 0 saturated carbocycles. The van der Waals surface area contributed by atoms with Crippen molar-refractivity contribution in [1.29, 1.82) is 5.26 Å². The van der Waals surface area contributed by atoms with Gasteiger partial charge in [0.25, 0.3) is 5.91 Å². The largest absolute Gasteiger partial charge is 0.481 e. The number of amides is 2. The summed E-state index contributed by atoms with van der Waals surface area (Å²) in [5.74, 6) is 0.164. The van der Waals surface area contributed by atoms with Gasteiger partial charge in [-0.1, -0.05) is 0 Å². The van der Waals surface area contributed by atoms with Crippen LogP contribution in [0.2, 0.25) is 0 Å². The molecule has 2 amide bonds. The van der Waals surface area contributed by atoms with Gasteiger partial charge in [-0.25, -0.2) is 0 Å². The van der Waals surface area contributed by atoms with Crippen molar-refractivity contribution in [2.45, 2.75) is 19.4 Å². The fourth-order valence-corrected chi connectivity index (χ4v) is 2.11. The highest BCUT2D eigenvalue weighted by atomic mass is 16.5. The van der Waals surface area contributed by atoms with Gasteiger partial charge in [0.2, 0.25) is 5.91 Å². The van der Waals surface area contributed by atoms with E-state index >= 15 is 0 Å². The van der Waals surface area contributed by atoms with E-state index in [0.29, 0.717) is 24.4 Å². The second kappa shape index (κ2) is 6.75. The molecule has 0 aromatic heterocycles. The monoisotopic (exact) mass is 287 g/mol. The number of hydrogen-bond donors (Lipinski definition) is 1. The fourth-order valence-electron chi connectivity index (χ4n) is 2.11. The molecule has 0 aliphatic carbocycles. The van der Waals surface area contributed by atoms with Gasteiger partial charge in [0, 0.05) is 13.1 Å². The molecule has 0 spiro atoms. The van der Waals surface area contributed by atoms with Crippen LogP contribution in [0.15, 0.2) is 24.3 Å². The molecular formula is C15H17N3O3.